The third-order valence-corrected chi connectivity index (χ3v) is 6.88. The average Bonchev–Trinajstić information content (AvgIpc) is 3.34. The molecule has 1 saturated carbocycles. The Hall–Kier alpha value is -3.33. The Labute approximate surface area is 190 Å². The first-order chi connectivity index (χ1) is 16.0. The Morgan fingerprint density at radius 2 is 1.97 bits per heavy atom. The molecule has 1 saturated heterocycles. The Kier molecular flexibility index (Phi) is 5.80. The summed E-state index contributed by atoms with van der Waals surface area (Å²) in [6.07, 6.45) is 4.76. The molecule has 2 unspecified atom stereocenters. The molecule has 1 aromatic carbocycles. The fraction of sp³-hybridized carbons (Fsp3) is 0.417. The summed E-state index contributed by atoms with van der Waals surface area (Å²) in [5.41, 5.74) is 1.72. The van der Waals surface area contributed by atoms with Crippen LogP contribution in [0.3, 0.4) is 0 Å². The Morgan fingerprint density at radius 1 is 1.15 bits per heavy atom. The first kappa shape index (κ1) is 21.5. The smallest absolute Gasteiger partial charge is 0.269 e. The first-order valence-corrected chi connectivity index (χ1v) is 11.4. The molecule has 2 fully saturated rings. The van der Waals surface area contributed by atoms with E-state index in [2.05, 4.69) is 30.1 Å². The average molecular weight is 451 g/mol. The number of piperazine rings is 1. The number of rotatable bonds is 4. The lowest BCUT2D eigenvalue weighted by molar-refractivity contribution is 0.0958. The van der Waals surface area contributed by atoms with Crippen molar-refractivity contribution in [3.05, 3.63) is 64.2 Å². The molecule has 33 heavy (non-hydrogen) atoms. The summed E-state index contributed by atoms with van der Waals surface area (Å²) >= 11 is 0. The lowest BCUT2D eigenvalue weighted by Crippen LogP contribution is -2.49. The van der Waals surface area contributed by atoms with Gasteiger partial charge in [-0.2, -0.15) is 0 Å². The largest absolute Gasteiger partial charge is 0.368 e. The molecule has 3 heterocycles. The van der Waals surface area contributed by atoms with Gasteiger partial charge >= 0.3 is 0 Å². The maximum Gasteiger partial charge on any atom is 0.269 e. The number of carbonyl (C=O) groups excluding carboxylic acids is 1. The fourth-order valence-electron chi connectivity index (χ4n) is 5.04. The van der Waals surface area contributed by atoms with Crippen molar-refractivity contribution in [2.24, 2.45) is 0 Å². The number of pyridine rings is 1. The van der Waals surface area contributed by atoms with Gasteiger partial charge in [0.1, 0.15) is 17.3 Å². The number of H-pyrrole nitrogens is 1. The molecule has 2 aromatic heterocycles. The van der Waals surface area contributed by atoms with Gasteiger partial charge in [-0.05, 0) is 49.6 Å². The number of hydrogen-bond donors (Lipinski definition) is 2. The van der Waals surface area contributed by atoms with Crippen LogP contribution in [0.2, 0.25) is 0 Å². The van der Waals surface area contributed by atoms with Crippen LogP contribution in [0.5, 0.6) is 0 Å². The van der Waals surface area contributed by atoms with Crippen LogP contribution in [0, 0.1) is 5.82 Å². The Balaban J connectivity index is 1.21. The molecule has 1 aliphatic carbocycles. The van der Waals surface area contributed by atoms with Gasteiger partial charge in [-0.15, -0.1) is 0 Å². The predicted molar refractivity (Wildman–Crippen MR) is 124 cm³/mol. The molecule has 1 aliphatic heterocycles. The van der Waals surface area contributed by atoms with E-state index in [0.29, 0.717) is 28.5 Å². The van der Waals surface area contributed by atoms with E-state index in [1.165, 1.54) is 12.1 Å². The van der Waals surface area contributed by atoms with E-state index in [9.17, 15) is 14.0 Å². The molecular weight excluding hydrogens is 423 g/mol. The van der Waals surface area contributed by atoms with Crippen molar-refractivity contribution in [1.82, 2.24) is 25.2 Å². The quantitative estimate of drug-likeness (QED) is 0.633. The summed E-state index contributed by atoms with van der Waals surface area (Å²) in [6.45, 7) is 3.71. The second-order valence-corrected chi connectivity index (χ2v) is 8.78. The standard InChI is InChI=1S/C24H27FN6O2/c1-26-24(33)21-7-5-18(14-27-21)31-10-8-30(9-11-31)17-4-2-15(12-17)22-28-20-6-3-16(25)13-19(20)23(32)29-22/h3,5-7,13-15,17H,2,4,8-12H2,1H3,(H,26,33)(H,28,29,32). The van der Waals surface area contributed by atoms with Gasteiger partial charge in [0.25, 0.3) is 11.5 Å². The lowest BCUT2D eigenvalue weighted by Gasteiger charge is -2.39. The second kappa shape index (κ2) is 8.90. The molecule has 0 bridgehead atoms. The number of aromatic nitrogens is 3. The number of nitrogens with one attached hydrogen (secondary N) is 2. The molecule has 2 aliphatic rings. The number of hydrogen-bond acceptors (Lipinski definition) is 6. The van der Waals surface area contributed by atoms with Crippen molar-refractivity contribution in [2.75, 3.05) is 38.1 Å². The van der Waals surface area contributed by atoms with E-state index in [0.717, 1.165) is 51.1 Å². The summed E-state index contributed by atoms with van der Waals surface area (Å²) in [5.74, 6) is 0.302. The highest BCUT2D eigenvalue weighted by Crippen LogP contribution is 2.36. The normalized spacial score (nSPS) is 21.5. The molecule has 1 amide bonds. The van der Waals surface area contributed by atoms with Gasteiger partial charge in [-0.1, -0.05) is 0 Å². The van der Waals surface area contributed by atoms with Gasteiger partial charge in [0.05, 0.1) is 22.8 Å². The predicted octanol–water partition coefficient (Wildman–Crippen LogP) is 2.28. The minimum Gasteiger partial charge on any atom is -0.368 e. The van der Waals surface area contributed by atoms with E-state index < -0.39 is 5.82 Å². The van der Waals surface area contributed by atoms with Gasteiger partial charge in [-0.25, -0.2) is 14.4 Å². The zero-order valence-electron chi connectivity index (χ0n) is 18.6. The Bertz CT molecular complexity index is 1220. The number of halogens is 1. The maximum atomic E-state index is 13.5. The van der Waals surface area contributed by atoms with E-state index in [4.69, 9.17) is 0 Å². The molecule has 0 radical (unpaired) electrons. The second-order valence-electron chi connectivity index (χ2n) is 8.78. The highest BCUT2D eigenvalue weighted by atomic mass is 19.1. The third-order valence-electron chi connectivity index (χ3n) is 6.88. The first-order valence-electron chi connectivity index (χ1n) is 11.4. The van der Waals surface area contributed by atoms with Crippen LogP contribution in [-0.4, -0.2) is 65.0 Å². The van der Waals surface area contributed by atoms with Crippen LogP contribution in [0.15, 0.2) is 41.3 Å². The summed E-state index contributed by atoms with van der Waals surface area (Å²) in [7, 11) is 1.60. The number of fused-ring (bicyclic) bond motifs is 1. The van der Waals surface area contributed by atoms with E-state index >= 15 is 0 Å². The number of anilines is 1. The van der Waals surface area contributed by atoms with Crippen LogP contribution in [0.4, 0.5) is 10.1 Å². The molecule has 3 aromatic rings. The van der Waals surface area contributed by atoms with Gasteiger partial charge in [0, 0.05) is 45.2 Å². The minimum absolute atomic E-state index is 0.184. The van der Waals surface area contributed by atoms with Crippen LogP contribution in [-0.2, 0) is 0 Å². The zero-order chi connectivity index (χ0) is 22.9. The number of benzene rings is 1. The van der Waals surface area contributed by atoms with Gasteiger partial charge in [0.2, 0.25) is 0 Å². The van der Waals surface area contributed by atoms with Gasteiger partial charge < -0.3 is 15.2 Å². The topological polar surface area (TPSA) is 94.2 Å². The van der Waals surface area contributed by atoms with Crippen molar-refractivity contribution >= 4 is 22.5 Å². The summed E-state index contributed by atoms with van der Waals surface area (Å²) < 4.78 is 13.5. The van der Waals surface area contributed by atoms with Crippen LogP contribution < -0.4 is 15.8 Å². The SMILES string of the molecule is CNC(=O)c1ccc(N2CCN(C3CCC(c4nc5ccc(F)cc5c(=O)[nH]4)C3)CC2)cn1. The van der Waals surface area contributed by atoms with E-state index in [-0.39, 0.29) is 17.4 Å². The number of carbonyl (C=O) groups is 1. The van der Waals surface area contributed by atoms with Crippen LogP contribution in [0.1, 0.15) is 41.5 Å². The monoisotopic (exact) mass is 450 g/mol. The maximum absolute atomic E-state index is 13.5. The van der Waals surface area contributed by atoms with Crippen molar-refractivity contribution in [3.63, 3.8) is 0 Å². The van der Waals surface area contributed by atoms with Crippen molar-refractivity contribution < 1.29 is 9.18 Å². The van der Waals surface area contributed by atoms with Gasteiger partial charge in [-0.3, -0.25) is 14.5 Å². The van der Waals surface area contributed by atoms with Crippen LogP contribution in [0.25, 0.3) is 10.9 Å². The molecule has 0 spiro atoms. The summed E-state index contributed by atoms with van der Waals surface area (Å²) in [5, 5.41) is 2.88. The van der Waals surface area contributed by atoms with Crippen molar-refractivity contribution in [3.8, 4) is 0 Å². The van der Waals surface area contributed by atoms with Crippen LogP contribution >= 0.6 is 0 Å². The minimum atomic E-state index is -0.430. The molecule has 2 atom stereocenters. The molecule has 8 nitrogen and oxygen atoms in total. The molecule has 172 valence electrons. The fourth-order valence-corrected chi connectivity index (χ4v) is 5.04. The number of amides is 1. The molecule has 5 rings (SSSR count). The third kappa shape index (κ3) is 4.32. The molecular formula is C24H27FN6O2. The van der Waals surface area contributed by atoms with Crippen molar-refractivity contribution in [1.29, 1.82) is 0 Å². The highest BCUT2D eigenvalue weighted by molar-refractivity contribution is 5.92. The number of nitrogens with zero attached hydrogens (tertiary/aromatic N) is 4. The summed E-state index contributed by atoms with van der Waals surface area (Å²) in [6, 6.07) is 8.33. The zero-order valence-corrected chi connectivity index (χ0v) is 18.6. The molecule has 2 N–H and O–H groups in total. The van der Waals surface area contributed by atoms with E-state index in [1.54, 1.807) is 25.4 Å². The summed E-state index contributed by atoms with van der Waals surface area (Å²) in [4.78, 5) is 40.7. The number of aromatic amines is 1. The van der Waals surface area contributed by atoms with Crippen molar-refractivity contribution in [2.45, 2.75) is 31.2 Å². The Morgan fingerprint density at radius 3 is 2.70 bits per heavy atom. The lowest BCUT2D eigenvalue weighted by atomic mass is 10.1. The molecule has 9 heteroatoms. The van der Waals surface area contributed by atoms with E-state index in [1.807, 2.05) is 6.07 Å². The highest BCUT2D eigenvalue weighted by Gasteiger charge is 2.33. The van der Waals surface area contributed by atoms with Gasteiger partial charge in [0.15, 0.2) is 0 Å².